The second-order valence-electron chi connectivity index (χ2n) is 6.10. The smallest absolute Gasteiger partial charge is 0.307 e. The first kappa shape index (κ1) is 17.8. The Morgan fingerprint density at radius 2 is 1.75 bits per heavy atom. The third-order valence-corrected chi connectivity index (χ3v) is 4.11. The van der Waals surface area contributed by atoms with Crippen molar-refractivity contribution in [2.24, 2.45) is 17.3 Å². The Morgan fingerprint density at radius 3 is 2.29 bits per heavy atom. The van der Waals surface area contributed by atoms with E-state index in [9.17, 15) is 27.6 Å². The monoisotopic (exact) mass is 344 g/mol. The summed E-state index contributed by atoms with van der Waals surface area (Å²) >= 11 is 0. The van der Waals surface area contributed by atoms with Crippen molar-refractivity contribution in [2.75, 3.05) is 11.9 Å². The van der Waals surface area contributed by atoms with E-state index in [2.05, 4.69) is 5.32 Å². The minimum Gasteiger partial charge on any atom is -0.481 e. The van der Waals surface area contributed by atoms with Gasteiger partial charge in [-0.2, -0.15) is 0 Å². The number of carboxylic acids is 1. The average molecular weight is 344 g/mol. The third kappa shape index (κ3) is 3.19. The fraction of sp³-hybridized carbons (Fsp3) is 0.400. The lowest BCUT2D eigenvalue weighted by molar-refractivity contribution is -0.140. The van der Waals surface area contributed by atoms with Crippen molar-refractivity contribution < 1.29 is 32.7 Å². The first-order chi connectivity index (χ1) is 11.1. The van der Waals surface area contributed by atoms with Crippen LogP contribution in [0.15, 0.2) is 12.1 Å². The van der Waals surface area contributed by atoms with Gasteiger partial charge in [0.25, 0.3) is 0 Å². The Kier molecular flexibility index (Phi) is 4.54. The van der Waals surface area contributed by atoms with E-state index in [1.54, 1.807) is 13.8 Å². The number of halogens is 3. The highest BCUT2D eigenvalue weighted by molar-refractivity contribution is 5.97. The van der Waals surface area contributed by atoms with Crippen molar-refractivity contribution in [3.05, 3.63) is 29.6 Å². The number of carbonyl (C=O) groups is 3. The van der Waals surface area contributed by atoms with Gasteiger partial charge in [0.1, 0.15) is 0 Å². The molecule has 1 fully saturated rings. The lowest BCUT2D eigenvalue weighted by Gasteiger charge is -2.09. The van der Waals surface area contributed by atoms with Gasteiger partial charge in [0.2, 0.25) is 11.8 Å². The van der Waals surface area contributed by atoms with Crippen molar-refractivity contribution in [3.63, 3.8) is 0 Å². The summed E-state index contributed by atoms with van der Waals surface area (Å²) in [5.41, 5.74) is -1.29. The van der Waals surface area contributed by atoms with E-state index in [0.717, 1.165) is 6.07 Å². The zero-order chi connectivity index (χ0) is 18.2. The van der Waals surface area contributed by atoms with E-state index in [0.29, 0.717) is 6.07 Å². The van der Waals surface area contributed by atoms with Crippen molar-refractivity contribution in [2.45, 2.75) is 13.8 Å². The number of hydrogen-bond acceptors (Lipinski definition) is 3. The number of anilines is 1. The van der Waals surface area contributed by atoms with Crippen LogP contribution in [0.4, 0.5) is 18.9 Å². The molecule has 0 aliphatic heterocycles. The van der Waals surface area contributed by atoms with Crippen LogP contribution in [0.5, 0.6) is 0 Å². The summed E-state index contributed by atoms with van der Waals surface area (Å²) in [6.07, 6.45) is 0. The molecule has 0 unspecified atom stereocenters. The molecule has 0 saturated heterocycles. The highest BCUT2D eigenvalue weighted by Gasteiger charge is 2.65. The number of hydrogen-bond donors (Lipinski definition) is 3. The molecule has 1 aliphatic carbocycles. The van der Waals surface area contributed by atoms with Crippen LogP contribution >= 0.6 is 0 Å². The standard InChI is InChI=1S/C15H15F3N2O4/c1-15(2)9(10(15)14(23)24)13(22)19-5-8(21)20-7-4-3-6(16)11(17)12(7)18/h3-4,9-10H,5H2,1-2H3,(H,19,22)(H,20,21)(H,23,24)/t9-,10+/m1/s1. The van der Waals surface area contributed by atoms with Gasteiger partial charge in [-0.15, -0.1) is 0 Å². The third-order valence-electron chi connectivity index (χ3n) is 4.11. The first-order valence-corrected chi connectivity index (χ1v) is 7.01. The second kappa shape index (κ2) is 6.14. The SMILES string of the molecule is CC1(C)[C@H](C(=O)O)[C@@H]1C(=O)NCC(=O)Nc1ccc(F)c(F)c1F. The second-order valence-corrected chi connectivity index (χ2v) is 6.10. The maximum absolute atomic E-state index is 13.4. The predicted molar refractivity (Wildman–Crippen MR) is 76.4 cm³/mol. The van der Waals surface area contributed by atoms with Gasteiger partial charge in [-0.1, -0.05) is 13.8 Å². The molecule has 1 aromatic carbocycles. The van der Waals surface area contributed by atoms with Crippen LogP contribution in [-0.4, -0.2) is 29.4 Å². The summed E-state index contributed by atoms with van der Waals surface area (Å²) in [5.74, 6) is -8.87. The van der Waals surface area contributed by atoms with Gasteiger partial charge in [0.05, 0.1) is 24.1 Å². The summed E-state index contributed by atoms with van der Waals surface area (Å²) in [5, 5.41) is 13.2. The maximum atomic E-state index is 13.4. The Morgan fingerprint density at radius 1 is 1.12 bits per heavy atom. The molecule has 9 heteroatoms. The summed E-state index contributed by atoms with van der Waals surface area (Å²) < 4.78 is 39.3. The molecular weight excluding hydrogens is 329 g/mol. The van der Waals surface area contributed by atoms with Gasteiger partial charge in [0, 0.05) is 0 Å². The number of aliphatic carboxylic acids is 1. The maximum Gasteiger partial charge on any atom is 0.307 e. The fourth-order valence-electron chi connectivity index (χ4n) is 2.68. The van der Waals surface area contributed by atoms with Gasteiger partial charge in [-0.3, -0.25) is 14.4 Å². The highest BCUT2D eigenvalue weighted by Crippen LogP contribution is 2.58. The van der Waals surface area contributed by atoms with E-state index in [-0.39, 0.29) is 0 Å². The molecule has 2 atom stereocenters. The molecule has 130 valence electrons. The molecule has 3 N–H and O–H groups in total. The Labute approximate surface area is 135 Å². The molecule has 2 rings (SSSR count). The van der Waals surface area contributed by atoms with Crippen molar-refractivity contribution in [3.8, 4) is 0 Å². The normalized spacial score (nSPS) is 21.0. The Bertz CT molecular complexity index is 721. The molecule has 1 aromatic rings. The Balaban J connectivity index is 1.92. The van der Waals surface area contributed by atoms with Crippen molar-refractivity contribution >= 4 is 23.5 Å². The summed E-state index contributed by atoms with van der Waals surface area (Å²) in [7, 11) is 0. The number of nitrogens with one attached hydrogen (secondary N) is 2. The van der Waals surface area contributed by atoms with Gasteiger partial charge in [0.15, 0.2) is 17.5 Å². The summed E-state index contributed by atoms with van der Waals surface area (Å²) in [6.45, 7) is 2.68. The Hall–Kier alpha value is -2.58. The van der Waals surface area contributed by atoms with E-state index >= 15 is 0 Å². The molecule has 0 bridgehead atoms. The summed E-state index contributed by atoms with van der Waals surface area (Å²) in [4.78, 5) is 34.6. The molecule has 0 heterocycles. The molecular formula is C15H15F3N2O4. The molecule has 0 spiro atoms. The van der Waals surface area contributed by atoms with Crippen molar-refractivity contribution in [1.29, 1.82) is 0 Å². The van der Waals surface area contributed by atoms with Crippen LogP contribution < -0.4 is 10.6 Å². The predicted octanol–water partition coefficient (Wildman–Crippen LogP) is 1.52. The van der Waals surface area contributed by atoms with Gasteiger partial charge in [-0.05, 0) is 17.5 Å². The molecule has 1 aliphatic rings. The van der Waals surface area contributed by atoms with Gasteiger partial charge >= 0.3 is 5.97 Å². The number of carbonyl (C=O) groups excluding carboxylic acids is 2. The van der Waals surface area contributed by atoms with Gasteiger partial charge in [-0.25, -0.2) is 13.2 Å². The van der Waals surface area contributed by atoms with Gasteiger partial charge < -0.3 is 15.7 Å². The van der Waals surface area contributed by atoms with Crippen LogP contribution in [0.1, 0.15) is 13.8 Å². The van der Waals surface area contributed by atoms with E-state index in [4.69, 9.17) is 5.11 Å². The molecule has 1 saturated carbocycles. The number of carboxylic acid groups (broad SMARTS) is 1. The van der Waals surface area contributed by atoms with Crippen LogP contribution in [-0.2, 0) is 14.4 Å². The average Bonchev–Trinajstić information content (AvgIpc) is 3.08. The number of benzene rings is 1. The largest absolute Gasteiger partial charge is 0.481 e. The molecule has 2 amide bonds. The van der Waals surface area contributed by atoms with E-state index in [1.807, 2.05) is 5.32 Å². The molecule has 24 heavy (non-hydrogen) atoms. The lowest BCUT2D eigenvalue weighted by atomic mass is 10.1. The van der Waals surface area contributed by atoms with Crippen LogP contribution in [0, 0.1) is 34.7 Å². The topological polar surface area (TPSA) is 95.5 Å². The van der Waals surface area contributed by atoms with Crippen LogP contribution in [0.3, 0.4) is 0 Å². The fourth-order valence-corrected chi connectivity index (χ4v) is 2.68. The molecule has 6 nitrogen and oxygen atoms in total. The first-order valence-electron chi connectivity index (χ1n) is 7.01. The number of rotatable bonds is 5. The highest BCUT2D eigenvalue weighted by atomic mass is 19.2. The van der Waals surface area contributed by atoms with E-state index in [1.165, 1.54) is 0 Å². The van der Waals surface area contributed by atoms with E-state index < -0.39 is 64.7 Å². The van der Waals surface area contributed by atoms with Crippen LogP contribution in [0.25, 0.3) is 0 Å². The minimum atomic E-state index is -1.72. The molecule has 0 aromatic heterocycles. The zero-order valence-corrected chi connectivity index (χ0v) is 12.8. The van der Waals surface area contributed by atoms with Crippen molar-refractivity contribution in [1.82, 2.24) is 5.32 Å². The lowest BCUT2D eigenvalue weighted by Crippen LogP contribution is -2.35. The van der Waals surface area contributed by atoms with Crippen LogP contribution in [0.2, 0.25) is 0 Å². The molecule has 0 radical (unpaired) electrons. The summed E-state index contributed by atoms with van der Waals surface area (Å²) in [6, 6.07) is 1.49. The quantitative estimate of drug-likeness (QED) is 0.706. The minimum absolute atomic E-state index is 0.559. The zero-order valence-electron chi connectivity index (χ0n) is 12.8. The number of amides is 2.